The lowest BCUT2D eigenvalue weighted by Crippen LogP contribution is -2.21. The predicted molar refractivity (Wildman–Crippen MR) is 125 cm³/mol. The van der Waals surface area contributed by atoms with Gasteiger partial charge in [0, 0.05) is 11.8 Å². The highest BCUT2D eigenvalue weighted by Gasteiger charge is 2.19. The fourth-order valence-electron chi connectivity index (χ4n) is 3.68. The van der Waals surface area contributed by atoms with Crippen LogP contribution in [0.15, 0.2) is 88.8 Å². The molecular formula is C24H20N4O3S. The minimum Gasteiger partial charge on any atom is -0.497 e. The zero-order valence-electron chi connectivity index (χ0n) is 17.3. The predicted octanol–water partition coefficient (Wildman–Crippen LogP) is 3.87. The van der Waals surface area contributed by atoms with Crippen LogP contribution in [0, 0.1) is 0 Å². The quantitative estimate of drug-likeness (QED) is 0.401. The van der Waals surface area contributed by atoms with Crippen LogP contribution in [0.4, 0.5) is 0 Å². The molecule has 0 aliphatic rings. The van der Waals surface area contributed by atoms with Crippen LogP contribution in [0.1, 0.15) is 11.7 Å². The molecule has 2 aromatic heterocycles. The zero-order valence-corrected chi connectivity index (χ0v) is 18.1. The molecule has 8 heteroatoms. The van der Waals surface area contributed by atoms with E-state index < -0.39 is 6.10 Å². The van der Waals surface area contributed by atoms with Gasteiger partial charge in [0.1, 0.15) is 5.75 Å². The van der Waals surface area contributed by atoms with E-state index in [0.29, 0.717) is 39.0 Å². The number of hydrogen-bond donors (Lipinski definition) is 1. The summed E-state index contributed by atoms with van der Waals surface area (Å²) >= 11 is 1.39. The molecular weight excluding hydrogens is 424 g/mol. The monoisotopic (exact) mass is 444 g/mol. The summed E-state index contributed by atoms with van der Waals surface area (Å²) < 4.78 is 8.73. The molecule has 0 saturated carbocycles. The molecule has 0 radical (unpaired) electrons. The average Bonchev–Trinajstić information content (AvgIpc) is 3.27. The first-order valence-corrected chi connectivity index (χ1v) is 11.0. The third-order valence-corrected chi connectivity index (χ3v) is 6.27. The van der Waals surface area contributed by atoms with Crippen molar-refractivity contribution in [2.45, 2.75) is 11.3 Å². The Morgan fingerprint density at radius 1 is 1.00 bits per heavy atom. The molecule has 7 nitrogen and oxygen atoms in total. The lowest BCUT2D eigenvalue weighted by Gasteiger charge is -2.13. The molecule has 0 saturated heterocycles. The molecule has 0 aliphatic heterocycles. The van der Waals surface area contributed by atoms with Crippen molar-refractivity contribution < 1.29 is 9.84 Å². The second-order valence-electron chi connectivity index (χ2n) is 7.21. The Hall–Kier alpha value is -3.62. The summed E-state index contributed by atoms with van der Waals surface area (Å²) in [6.07, 6.45) is -0.649. The highest BCUT2D eigenvalue weighted by Crippen LogP contribution is 2.27. The fourth-order valence-corrected chi connectivity index (χ4v) is 4.59. The van der Waals surface area contributed by atoms with E-state index in [1.165, 1.54) is 16.3 Å². The van der Waals surface area contributed by atoms with E-state index in [9.17, 15) is 9.90 Å². The topological polar surface area (TPSA) is 81.7 Å². The molecule has 3 aromatic carbocycles. The summed E-state index contributed by atoms with van der Waals surface area (Å²) in [5.41, 5.74) is 2.01. The number of hydrogen-bond acceptors (Lipinski definition) is 6. The summed E-state index contributed by atoms with van der Waals surface area (Å²) in [7, 11) is 1.59. The number of methoxy groups -OCH3 is 1. The van der Waals surface area contributed by atoms with E-state index in [0.717, 1.165) is 5.56 Å². The number of ether oxygens (including phenoxy) is 1. The number of para-hydroxylation sites is 1. The van der Waals surface area contributed by atoms with E-state index in [1.54, 1.807) is 19.2 Å². The molecule has 0 aliphatic carbocycles. The normalized spacial score (nSPS) is 12.3. The summed E-state index contributed by atoms with van der Waals surface area (Å²) in [5.74, 6) is 1.44. The second-order valence-corrected chi connectivity index (χ2v) is 8.20. The van der Waals surface area contributed by atoms with Crippen LogP contribution >= 0.6 is 11.8 Å². The Kier molecular flexibility index (Phi) is 5.38. The van der Waals surface area contributed by atoms with E-state index in [1.807, 2.05) is 71.1 Å². The second kappa shape index (κ2) is 8.49. The van der Waals surface area contributed by atoms with Crippen molar-refractivity contribution in [3.8, 4) is 11.4 Å². The lowest BCUT2D eigenvalue weighted by atomic mass is 10.1. The van der Waals surface area contributed by atoms with Crippen molar-refractivity contribution in [1.82, 2.24) is 19.2 Å². The molecule has 0 amide bonds. The first-order chi connectivity index (χ1) is 15.7. The Balaban J connectivity index is 1.65. The standard InChI is InChI=1S/C24H20N4O3S/c1-31-18-11-7-10-17(14-18)27-22(30)19-12-5-6-13-20(19)28-23(27)25-26-24(28)32-15-21(29)16-8-3-2-4-9-16/h2-14,21,29H,15H2,1H3/t21-/m1/s1. The van der Waals surface area contributed by atoms with Gasteiger partial charge >= 0.3 is 0 Å². The molecule has 2 heterocycles. The van der Waals surface area contributed by atoms with Gasteiger partial charge in [0.25, 0.3) is 5.56 Å². The Bertz CT molecular complexity index is 1460. The van der Waals surface area contributed by atoms with Crippen molar-refractivity contribution in [3.63, 3.8) is 0 Å². The minimum absolute atomic E-state index is 0.186. The average molecular weight is 445 g/mol. The van der Waals surface area contributed by atoms with Gasteiger partial charge in [0.2, 0.25) is 5.78 Å². The van der Waals surface area contributed by atoms with Crippen molar-refractivity contribution in [2.75, 3.05) is 12.9 Å². The Labute approximate surface area is 187 Å². The third kappa shape index (κ3) is 3.53. The number of thioether (sulfide) groups is 1. The summed E-state index contributed by atoms with van der Waals surface area (Å²) in [5, 5.41) is 20.4. The highest BCUT2D eigenvalue weighted by molar-refractivity contribution is 7.99. The van der Waals surface area contributed by atoms with Crippen LogP contribution in [0.3, 0.4) is 0 Å². The van der Waals surface area contributed by atoms with Gasteiger partial charge in [-0.1, -0.05) is 60.3 Å². The van der Waals surface area contributed by atoms with Crippen LogP contribution in [-0.4, -0.2) is 37.1 Å². The molecule has 0 unspecified atom stereocenters. The maximum Gasteiger partial charge on any atom is 0.267 e. The van der Waals surface area contributed by atoms with Gasteiger partial charge in [-0.05, 0) is 29.8 Å². The van der Waals surface area contributed by atoms with E-state index in [2.05, 4.69) is 10.2 Å². The summed E-state index contributed by atoms with van der Waals surface area (Å²) in [6, 6.07) is 24.2. The molecule has 160 valence electrons. The number of benzene rings is 3. The van der Waals surface area contributed by atoms with Crippen molar-refractivity contribution in [3.05, 3.63) is 94.8 Å². The van der Waals surface area contributed by atoms with Crippen LogP contribution in [0.5, 0.6) is 5.75 Å². The number of aliphatic hydroxyl groups excluding tert-OH is 1. The largest absolute Gasteiger partial charge is 0.497 e. The van der Waals surface area contributed by atoms with Gasteiger partial charge in [-0.3, -0.25) is 9.20 Å². The van der Waals surface area contributed by atoms with Gasteiger partial charge < -0.3 is 9.84 Å². The first kappa shape index (κ1) is 20.3. The molecule has 1 N–H and O–H groups in total. The molecule has 5 aromatic rings. The fraction of sp³-hybridized carbons (Fsp3) is 0.125. The number of nitrogens with zero attached hydrogens (tertiary/aromatic N) is 4. The van der Waals surface area contributed by atoms with Crippen LogP contribution in [0.25, 0.3) is 22.4 Å². The maximum atomic E-state index is 13.4. The molecule has 0 bridgehead atoms. The first-order valence-electron chi connectivity index (χ1n) is 10.1. The van der Waals surface area contributed by atoms with E-state index >= 15 is 0 Å². The van der Waals surface area contributed by atoms with Crippen LogP contribution in [0.2, 0.25) is 0 Å². The van der Waals surface area contributed by atoms with Gasteiger partial charge in [-0.15, -0.1) is 10.2 Å². The van der Waals surface area contributed by atoms with Crippen LogP contribution in [-0.2, 0) is 0 Å². The smallest absolute Gasteiger partial charge is 0.267 e. The molecule has 1 atom stereocenters. The summed E-state index contributed by atoms with van der Waals surface area (Å²) in [4.78, 5) is 13.4. The molecule has 5 rings (SSSR count). The Morgan fingerprint density at radius 3 is 2.59 bits per heavy atom. The van der Waals surface area contributed by atoms with Crippen molar-refractivity contribution in [1.29, 1.82) is 0 Å². The maximum absolute atomic E-state index is 13.4. The lowest BCUT2D eigenvalue weighted by molar-refractivity contribution is 0.204. The molecule has 0 spiro atoms. The zero-order chi connectivity index (χ0) is 22.1. The minimum atomic E-state index is -0.649. The number of aromatic nitrogens is 4. The number of fused-ring (bicyclic) bond motifs is 3. The summed E-state index contributed by atoms with van der Waals surface area (Å²) in [6.45, 7) is 0. The van der Waals surface area contributed by atoms with Crippen molar-refractivity contribution in [2.24, 2.45) is 0 Å². The van der Waals surface area contributed by atoms with Gasteiger partial charge in [-0.25, -0.2) is 4.57 Å². The van der Waals surface area contributed by atoms with Gasteiger partial charge in [0.05, 0.1) is 29.8 Å². The number of rotatable bonds is 6. The van der Waals surface area contributed by atoms with Gasteiger partial charge in [0.15, 0.2) is 5.16 Å². The highest BCUT2D eigenvalue weighted by atomic mass is 32.2. The van der Waals surface area contributed by atoms with E-state index in [-0.39, 0.29) is 5.56 Å². The Morgan fingerprint density at radius 2 is 1.78 bits per heavy atom. The SMILES string of the molecule is COc1cccc(-n2c(=O)c3ccccc3n3c(SC[C@@H](O)c4ccccc4)nnc23)c1. The number of aliphatic hydroxyl groups is 1. The van der Waals surface area contributed by atoms with Gasteiger partial charge in [-0.2, -0.15) is 0 Å². The molecule has 0 fully saturated rings. The third-order valence-electron chi connectivity index (χ3n) is 5.26. The van der Waals surface area contributed by atoms with Crippen LogP contribution < -0.4 is 10.3 Å². The molecule has 32 heavy (non-hydrogen) atoms. The van der Waals surface area contributed by atoms with Crippen molar-refractivity contribution >= 4 is 28.4 Å². The van der Waals surface area contributed by atoms with E-state index in [4.69, 9.17) is 4.74 Å².